The molecule has 1 aromatic carbocycles. The Labute approximate surface area is 154 Å². The number of thiophene rings is 1. The maximum atomic E-state index is 14.0. The van der Waals surface area contributed by atoms with Crippen LogP contribution in [0.2, 0.25) is 0 Å². The van der Waals surface area contributed by atoms with Crippen LogP contribution in [-0.2, 0) is 10.0 Å². The lowest BCUT2D eigenvalue weighted by Crippen LogP contribution is -2.41. The van der Waals surface area contributed by atoms with Gasteiger partial charge < -0.3 is 0 Å². The summed E-state index contributed by atoms with van der Waals surface area (Å²) in [6, 6.07) is 6.19. The van der Waals surface area contributed by atoms with E-state index in [-0.39, 0.29) is 18.0 Å². The van der Waals surface area contributed by atoms with E-state index >= 15 is 0 Å². The summed E-state index contributed by atoms with van der Waals surface area (Å²) in [5, 5.41) is 1.69. The Morgan fingerprint density at radius 1 is 1.12 bits per heavy atom. The van der Waals surface area contributed by atoms with Crippen LogP contribution < -0.4 is 10.9 Å². The van der Waals surface area contributed by atoms with E-state index in [1.807, 2.05) is 0 Å². The molecule has 0 aliphatic heterocycles. The van der Waals surface area contributed by atoms with Crippen molar-refractivity contribution in [2.75, 3.05) is 13.1 Å². The minimum absolute atomic E-state index is 0.197. The first-order valence-corrected chi connectivity index (χ1v) is 10.1. The summed E-state index contributed by atoms with van der Waals surface area (Å²) in [6.45, 7) is 3.85. The van der Waals surface area contributed by atoms with Crippen LogP contribution in [0.15, 0.2) is 40.6 Å². The van der Waals surface area contributed by atoms with E-state index in [0.717, 1.165) is 18.2 Å². The number of nitrogens with zero attached hydrogens (tertiary/aromatic N) is 1. The van der Waals surface area contributed by atoms with Crippen molar-refractivity contribution in [2.45, 2.75) is 18.7 Å². The summed E-state index contributed by atoms with van der Waals surface area (Å²) in [5.41, 5.74) is 3.76. The molecule has 0 aliphatic carbocycles. The molecule has 0 fully saturated rings. The zero-order chi connectivity index (χ0) is 19.3. The molecule has 2 rings (SSSR count). The second kappa shape index (κ2) is 8.39. The van der Waals surface area contributed by atoms with Crippen LogP contribution >= 0.6 is 11.3 Å². The van der Waals surface area contributed by atoms with E-state index in [0.29, 0.717) is 4.88 Å². The Balaban J connectivity index is 2.21. The standard InChI is InChI=1S/C16H18FN3O4S2/c1-3-20(4-2)26(23,24)11-7-8-13(17)12(10-11)15(21)18-19-16(22)14-6-5-9-25-14/h5-10H,3-4H2,1-2H3,(H,18,21)(H,19,22). The number of carbonyl (C=O) groups excluding carboxylic acids is 2. The van der Waals surface area contributed by atoms with E-state index in [1.54, 1.807) is 31.4 Å². The monoisotopic (exact) mass is 399 g/mol. The van der Waals surface area contributed by atoms with Crippen molar-refractivity contribution in [3.8, 4) is 0 Å². The average Bonchev–Trinajstić information content (AvgIpc) is 3.15. The molecule has 7 nitrogen and oxygen atoms in total. The molecule has 26 heavy (non-hydrogen) atoms. The van der Waals surface area contributed by atoms with Gasteiger partial charge in [0.25, 0.3) is 11.8 Å². The molecule has 140 valence electrons. The summed E-state index contributed by atoms with van der Waals surface area (Å²) in [5.74, 6) is -2.41. The number of hydrazine groups is 1. The predicted molar refractivity (Wildman–Crippen MR) is 95.8 cm³/mol. The third kappa shape index (κ3) is 4.26. The van der Waals surface area contributed by atoms with Crippen molar-refractivity contribution in [3.05, 3.63) is 52.0 Å². The highest BCUT2D eigenvalue weighted by Gasteiger charge is 2.24. The summed E-state index contributed by atoms with van der Waals surface area (Å²) in [7, 11) is -3.84. The molecule has 0 aliphatic rings. The van der Waals surface area contributed by atoms with E-state index in [9.17, 15) is 22.4 Å². The van der Waals surface area contributed by atoms with E-state index in [2.05, 4.69) is 10.9 Å². The molecule has 1 aromatic heterocycles. The second-order valence-corrected chi connectivity index (χ2v) is 8.00. The molecule has 0 saturated heterocycles. The maximum absolute atomic E-state index is 14.0. The van der Waals surface area contributed by atoms with Crippen molar-refractivity contribution >= 4 is 33.2 Å². The van der Waals surface area contributed by atoms with Gasteiger partial charge in [0.2, 0.25) is 10.0 Å². The van der Waals surface area contributed by atoms with Crippen molar-refractivity contribution in [2.24, 2.45) is 0 Å². The molecule has 0 radical (unpaired) electrons. The Morgan fingerprint density at radius 2 is 1.77 bits per heavy atom. The SMILES string of the molecule is CCN(CC)S(=O)(=O)c1ccc(F)c(C(=O)NNC(=O)c2cccs2)c1. The van der Waals surface area contributed by atoms with Gasteiger partial charge in [0.15, 0.2) is 0 Å². The van der Waals surface area contributed by atoms with Gasteiger partial charge in [-0.25, -0.2) is 12.8 Å². The van der Waals surface area contributed by atoms with Gasteiger partial charge in [-0.2, -0.15) is 4.31 Å². The van der Waals surface area contributed by atoms with Crippen LogP contribution in [0.4, 0.5) is 4.39 Å². The number of benzene rings is 1. The zero-order valence-electron chi connectivity index (χ0n) is 14.2. The third-order valence-corrected chi connectivity index (χ3v) is 6.47. The highest BCUT2D eigenvalue weighted by atomic mass is 32.2. The number of amides is 2. The van der Waals surface area contributed by atoms with Crippen molar-refractivity contribution in [1.29, 1.82) is 0 Å². The summed E-state index contributed by atoms with van der Waals surface area (Å²) >= 11 is 1.17. The minimum atomic E-state index is -3.84. The fraction of sp³-hybridized carbons (Fsp3) is 0.250. The Morgan fingerprint density at radius 3 is 2.35 bits per heavy atom. The molecular formula is C16H18FN3O4S2. The molecule has 2 aromatic rings. The number of nitrogens with one attached hydrogen (secondary N) is 2. The van der Waals surface area contributed by atoms with Crippen LogP contribution in [0.5, 0.6) is 0 Å². The molecule has 10 heteroatoms. The van der Waals surface area contributed by atoms with Gasteiger partial charge in [0.1, 0.15) is 5.82 Å². The van der Waals surface area contributed by atoms with Gasteiger partial charge in [-0.15, -0.1) is 11.3 Å². The largest absolute Gasteiger partial charge is 0.279 e. The maximum Gasteiger partial charge on any atom is 0.279 e. The van der Waals surface area contributed by atoms with Crippen LogP contribution in [-0.4, -0.2) is 37.6 Å². The van der Waals surface area contributed by atoms with Crippen LogP contribution in [0.25, 0.3) is 0 Å². The fourth-order valence-electron chi connectivity index (χ4n) is 2.20. The minimum Gasteiger partial charge on any atom is -0.267 e. The normalized spacial score (nSPS) is 11.4. The van der Waals surface area contributed by atoms with Gasteiger partial charge in [0.05, 0.1) is 15.3 Å². The lowest BCUT2D eigenvalue weighted by Gasteiger charge is -2.19. The predicted octanol–water partition coefficient (Wildman–Crippen LogP) is 1.99. The molecule has 2 N–H and O–H groups in total. The first kappa shape index (κ1) is 20.0. The first-order chi connectivity index (χ1) is 12.3. The number of hydrogen-bond donors (Lipinski definition) is 2. The Kier molecular flexibility index (Phi) is 6.46. The van der Waals surface area contributed by atoms with E-state index in [1.165, 1.54) is 15.6 Å². The molecule has 0 atom stereocenters. The average molecular weight is 399 g/mol. The first-order valence-electron chi connectivity index (χ1n) is 7.75. The number of rotatable bonds is 6. The molecule has 2 amide bonds. The zero-order valence-corrected chi connectivity index (χ0v) is 15.8. The van der Waals surface area contributed by atoms with Gasteiger partial charge in [-0.3, -0.25) is 20.4 Å². The smallest absolute Gasteiger partial charge is 0.267 e. The van der Waals surface area contributed by atoms with Gasteiger partial charge >= 0.3 is 0 Å². The highest BCUT2D eigenvalue weighted by Crippen LogP contribution is 2.19. The van der Waals surface area contributed by atoms with Crippen molar-refractivity contribution in [3.63, 3.8) is 0 Å². The molecule has 0 unspecified atom stereocenters. The summed E-state index contributed by atoms with van der Waals surface area (Å²) in [4.78, 5) is 24.1. The second-order valence-electron chi connectivity index (χ2n) is 5.12. The van der Waals surface area contributed by atoms with Crippen LogP contribution in [0.3, 0.4) is 0 Å². The number of halogens is 1. The summed E-state index contributed by atoms with van der Waals surface area (Å²) < 4.78 is 40.2. The highest BCUT2D eigenvalue weighted by molar-refractivity contribution is 7.89. The lowest BCUT2D eigenvalue weighted by molar-refractivity contribution is 0.0846. The molecular weight excluding hydrogens is 381 g/mol. The van der Waals surface area contributed by atoms with E-state index < -0.39 is 33.2 Å². The van der Waals surface area contributed by atoms with Crippen molar-refractivity contribution in [1.82, 2.24) is 15.2 Å². The summed E-state index contributed by atoms with van der Waals surface area (Å²) in [6.07, 6.45) is 0. The van der Waals surface area contributed by atoms with Gasteiger partial charge in [0, 0.05) is 13.1 Å². The lowest BCUT2D eigenvalue weighted by atomic mass is 10.2. The van der Waals surface area contributed by atoms with Crippen LogP contribution in [0.1, 0.15) is 33.9 Å². The number of carbonyl (C=O) groups is 2. The fourth-order valence-corrected chi connectivity index (χ4v) is 4.31. The van der Waals surface area contributed by atoms with E-state index in [4.69, 9.17) is 0 Å². The Bertz CT molecular complexity index is 894. The van der Waals surface area contributed by atoms with Crippen LogP contribution in [0, 0.1) is 5.82 Å². The topological polar surface area (TPSA) is 95.6 Å². The Hall–Kier alpha value is -2.30. The molecule has 0 spiro atoms. The van der Waals surface area contributed by atoms with Gasteiger partial charge in [-0.05, 0) is 29.6 Å². The molecule has 1 heterocycles. The molecule has 0 bridgehead atoms. The van der Waals surface area contributed by atoms with Gasteiger partial charge in [-0.1, -0.05) is 19.9 Å². The number of hydrogen-bond acceptors (Lipinski definition) is 5. The molecule has 0 saturated carbocycles. The quantitative estimate of drug-likeness (QED) is 0.726. The third-order valence-electron chi connectivity index (χ3n) is 3.56. The van der Waals surface area contributed by atoms with Crippen molar-refractivity contribution < 1.29 is 22.4 Å². The number of sulfonamides is 1.